The lowest BCUT2D eigenvalue weighted by Crippen LogP contribution is -2.43. The number of benzene rings is 1. The van der Waals surface area contributed by atoms with Crippen LogP contribution in [-0.2, 0) is 6.42 Å². The molecule has 3 N–H and O–H groups in total. The third-order valence-electron chi connectivity index (χ3n) is 3.24. The maximum Gasteiger partial charge on any atom is 0.263 e. The minimum atomic E-state index is -0.261. The number of aryl methyl sites for hydroxylation is 1. The number of nitrogens with two attached hydrogens (primary N) is 1. The second-order valence-electron chi connectivity index (χ2n) is 5.53. The van der Waals surface area contributed by atoms with Crippen LogP contribution in [0.3, 0.4) is 0 Å². The summed E-state index contributed by atoms with van der Waals surface area (Å²) in [6.07, 6.45) is 1.82. The Bertz CT molecular complexity index is 575. The minimum Gasteiger partial charge on any atom is -0.397 e. The van der Waals surface area contributed by atoms with Crippen molar-refractivity contribution < 1.29 is 4.79 Å². The molecule has 0 atom stereocenters. The summed E-state index contributed by atoms with van der Waals surface area (Å²) in [5, 5.41) is 4.90. The molecule has 1 aromatic heterocycles. The number of anilines is 1. The summed E-state index contributed by atoms with van der Waals surface area (Å²) in [6.45, 7) is 4.08. The van der Waals surface area contributed by atoms with E-state index in [1.54, 1.807) is 6.07 Å². The molecule has 20 heavy (non-hydrogen) atoms. The summed E-state index contributed by atoms with van der Waals surface area (Å²) < 4.78 is 0. The largest absolute Gasteiger partial charge is 0.397 e. The van der Waals surface area contributed by atoms with E-state index in [4.69, 9.17) is 5.73 Å². The van der Waals surface area contributed by atoms with Crippen LogP contribution in [0.15, 0.2) is 41.8 Å². The molecule has 1 aromatic carbocycles. The molecule has 0 saturated heterocycles. The molecule has 4 heteroatoms. The van der Waals surface area contributed by atoms with Crippen LogP contribution >= 0.6 is 11.3 Å². The number of nitrogen functional groups attached to an aromatic ring is 1. The second-order valence-corrected chi connectivity index (χ2v) is 6.44. The molecular weight excluding hydrogens is 268 g/mol. The molecule has 2 rings (SSSR count). The molecule has 3 nitrogen and oxygen atoms in total. The van der Waals surface area contributed by atoms with E-state index in [1.807, 2.05) is 37.4 Å². The van der Waals surface area contributed by atoms with Crippen LogP contribution in [-0.4, -0.2) is 11.4 Å². The zero-order chi connectivity index (χ0) is 14.6. The van der Waals surface area contributed by atoms with Gasteiger partial charge in [-0.25, -0.2) is 0 Å². The highest BCUT2D eigenvalue weighted by Gasteiger charge is 2.22. The number of hydrogen-bond acceptors (Lipinski definition) is 3. The fourth-order valence-electron chi connectivity index (χ4n) is 2.03. The first-order valence-electron chi connectivity index (χ1n) is 6.67. The smallest absolute Gasteiger partial charge is 0.263 e. The fraction of sp³-hybridized carbons (Fsp3) is 0.312. The second kappa shape index (κ2) is 6.09. The first kappa shape index (κ1) is 14.6. The molecular formula is C16H20N2OS. The van der Waals surface area contributed by atoms with Gasteiger partial charge in [0.25, 0.3) is 5.91 Å². The number of hydrogen-bond donors (Lipinski definition) is 2. The highest BCUT2D eigenvalue weighted by molar-refractivity contribution is 7.12. The van der Waals surface area contributed by atoms with Gasteiger partial charge in [0.05, 0.1) is 5.69 Å². The molecule has 1 heterocycles. The molecule has 106 valence electrons. The van der Waals surface area contributed by atoms with Crippen LogP contribution in [0.1, 0.15) is 35.5 Å². The van der Waals surface area contributed by atoms with Crippen LogP contribution in [0, 0.1) is 0 Å². The molecule has 0 saturated carbocycles. The normalized spacial score (nSPS) is 11.3. The Morgan fingerprint density at radius 1 is 1.25 bits per heavy atom. The quantitative estimate of drug-likeness (QED) is 0.885. The summed E-state index contributed by atoms with van der Waals surface area (Å²) in [5.41, 5.74) is 7.34. The molecule has 1 amide bonds. The average molecular weight is 288 g/mol. The maximum absolute atomic E-state index is 12.2. The van der Waals surface area contributed by atoms with E-state index in [1.165, 1.54) is 16.9 Å². The number of carbonyl (C=O) groups excluding carboxylic acids is 1. The SMILES string of the molecule is CC(C)(CCc1ccccc1)NC(=O)c1sccc1N. The topological polar surface area (TPSA) is 55.1 Å². The first-order chi connectivity index (χ1) is 9.48. The average Bonchev–Trinajstić information content (AvgIpc) is 2.84. The van der Waals surface area contributed by atoms with Crippen LogP contribution < -0.4 is 11.1 Å². The van der Waals surface area contributed by atoms with Crippen molar-refractivity contribution in [2.75, 3.05) is 5.73 Å². The van der Waals surface area contributed by atoms with Crippen molar-refractivity contribution in [1.29, 1.82) is 0 Å². The van der Waals surface area contributed by atoms with E-state index < -0.39 is 0 Å². The zero-order valence-electron chi connectivity index (χ0n) is 11.8. The van der Waals surface area contributed by atoms with Gasteiger partial charge in [-0.1, -0.05) is 30.3 Å². The maximum atomic E-state index is 12.2. The predicted molar refractivity (Wildman–Crippen MR) is 85.0 cm³/mol. The lowest BCUT2D eigenvalue weighted by atomic mass is 9.95. The van der Waals surface area contributed by atoms with Crippen LogP contribution in [0.2, 0.25) is 0 Å². The van der Waals surface area contributed by atoms with Gasteiger partial charge in [-0.2, -0.15) is 0 Å². The molecule has 0 aliphatic heterocycles. The van der Waals surface area contributed by atoms with Crippen molar-refractivity contribution in [2.45, 2.75) is 32.2 Å². The van der Waals surface area contributed by atoms with Crippen molar-refractivity contribution in [1.82, 2.24) is 5.32 Å². The first-order valence-corrected chi connectivity index (χ1v) is 7.55. The van der Waals surface area contributed by atoms with Crippen molar-refractivity contribution in [3.63, 3.8) is 0 Å². The van der Waals surface area contributed by atoms with Crippen LogP contribution in [0.5, 0.6) is 0 Å². The molecule has 0 aliphatic carbocycles. The molecule has 0 aliphatic rings. The molecule has 0 radical (unpaired) electrons. The Kier molecular flexibility index (Phi) is 4.45. The Morgan fingerprint density at radius 3 is 2.55 bits per heavy atom. The molecule has 0 spiro atoms. The Morgan fingerprint density at radius 2 is 1.95 bits per heavy atom. The van der Waals surface area contributed by atoms with Gasteiger partial charge >= 0.3 is 0 Å². The van der Waals surface area contributed by atoms with Crippen LogP contribution in [0.25, 0.3) is 0 Å². The fourth-order valence-corrected chi connectivity index (χ4v) is 2.74. The van der Waals surface area contributed by atoms with E-state index in [0.717, 1.165) is 12.8 Å². The van der Waals surface area contributed by atoms with Crippen molar-refractivity contribution in [3.05, 3.63) is 52.2 Å². The Balaban J connectivity index is 1.94. The minimum absolute atomic E-state index is 0.0874. The van der Waals surface area contributed by atoms with Crippen molar-refractivity contribution in [3.8, 4) is 0 Å². The number of carbonyl (C=O) groups is 1. The number of rotatable bonds is 5. The van der Waals surface area contributed by atoms with Crippen molar-refractivity contribution in [2.24, 2.45) is 0 Å². The van der Waals surface area contributed by atoms with Gasteiger partial charge in [0.15, 0.2) is 0 Å². The summed E-state index contributed by atoms with van der Waals surface area (Å²) in [6, 6.07) is 12.1. The Labute approximate surface area is 123 Å². The van der Waals surface area contributed by atoms with E-state index in [-0.39, 0.29) is 11.4 Å². The van der Waals surface area contributed by atoms with Gasteiger partial charge in [0, 0.05) is 5.54 Å². The summed E-state index contributed by atoms with van der Waals surface area (Å²) in [4.78, 5) is 12.8. The number of thiophene rings is 1. The third kappa shape index (κ3) is 3.84. The van der Waals surface area contributed by atoms with Gasteiger partial charge in [-0.05, 0) is 43.7 Å². The highest BCUT2D eigenvalue weighted by Crippen LogP contribution is 2.21. The van der Waals surface area contributed by atoms with Crippen LogP contribution in [0.4, 0.5) is 5.69 Å². The number of nitrogens with one attached hydrogen (secondary N) is 1. The van der Waals surface area contributed by atoms with Gasteiger partial charge in [-0.3, -0.25) is 4.79 Å². The lowest BCUT2D eigenvalue weighted by molar-refractivity contribution is 0.0914. The molecule has 0 bridgehead atoms. The monoisotopic (exact) mass is 288 g/mol. The van der Waals surface area contributed by atoms with E-state index in [2.05, 4.69) is 17.4 Å². The molecule has 2 aromatic rings. The molecule has 0 fully saturated rings. The highest BCUT2D eigenvalue weighted by atomic mass is 32.1. The summed E-state index contributed by atoms with van der Waals surface area (Å²) in [7, 11) is 0. The van der Waals surface area contributed by atoms with E-state index in [9.17, 15) is 4.79 Å². The predicted octanol–water partition coefficient (Wildman–Crippen LogP) is 3.47. The molecule has 0 unspecified atom stereocenters. The van der Waals surface area contributed by atoms with E-state index in [0.29, 0.717) is 10.6 Å². The van der Waals surface area contributed by atoms with Crippen molar-refractivity contribution >= 4 is 22.9 Å². The summed E-state index contributed by atoms with van der Waals surface area (Å²) >= 11 is 1.38. The van der Waals surface area contributed by atoms with Gasteiger partial charge < -0.3 is 11.1 Å². The third-order valence-corrected chi connectivity index (χ3v) is 4.16. The van der Waals surface area contributed by atoms with Gasteiger partial charge in [0.1, 0.15) is 4.88 Å². The van der Waals surface area contributed by atoms with Gasteiger partial charge in [-0.15, -0.1) is 11.3 Å². The lowest BCUT2D eigenvalue weighted by Gasteiger charge is -2.26. The standard InChI is InChI=1S/C16H20N2OS/c1-16(2,10-8-12-6-4-3-5-7-12)18-15(19)14-13(17)9-11-20-14/h3-7,9,11H,8,10,17H2,1-2H3,(H,18,19). The number of amides is 1. The zero-order valence-corrected chi connectivity index (χ0v) is 12.7. The van der Waals surface area contributed by atoms with Gasteiger partial charge in [0.2, 0.25) is 0 Å². The van der Waals surface area contributed by atoms with E-state index >= 15 is 0 Å². The summed E-state index contributed by atoms with van der Waals surface area (Å²) in [5.74, 6) is -0.0874. The Hall–Kier alpha value is -1.81.